The summed E-state index contributed by atoms with van der Waals surface area (Å²) in [6.45, 7) is 4.89. The molecule has 1 aliphatic rings. The molecular weight excluding hydrogens is 249 g/mol. The number of halogens is 1. The Bertz CT molecular complexity index is 468. The van der Waals surface area contributed by atoms with Gasteiger partial charge in [-0.3, -0.25) is 4.79 Å². The van der Waals surface area contributed by atoms with Crippen LogP contribution in [0.5, 0.6) is 5.75 Å². The standard InChI is InChI=1S/C14H18FNO3/c1-9-7-16(8-10(2)19-9)14(17)11-4-5-13(18-3)12(15)6-11/h4-6,9-10H,7-8H2,1-3H3/t9-,10+. The monoisotopic (exact) mass is 267 g/mol. The van der Waals surface area contributed by atoms with Crippen LogP contribution in [0.25, 0.3) is 0 Å². The fraction of sp³-hybridized carbons (Fsp3) is 0.500. The van der Waals surface area contributed by atoms with E-state index in [4.69, 9.17) is 9.47 Å². The lowest BCUT2D eigenvalue weighted by Gasteiger charge is -2.35. The molecule has 2 rings (SSSR count). The Morgan fingerprint density at radius 1 is 1.37 bits per heavy atom. The van der Waals surface area contributed by atoms with Gasteiger partial charge in [0.05, 0.1) is 19.3 Å². The minimum atomic E-state index is -0.525. The number of methoxy groups -OCH3 is 1. The van der Waals surface area contributed by atoms with E-state index in [9.17, 15) is 9.18 Å². The second-order valence-corrected chi connectivity index (χ2v) is 4.82. The van der Waals surface area contributed by atoms with Crippen molar-refractivity contribution in [1.82, 2.24) is 4.90 Å². The maximum Gasteiger partial charge on any atom is 0.254 e. The number of rotatable bonds is 2. The van der Waals surface area contributed by atoms with Crippen LogP contribution in [0.4, 0.5) is 4.39 Å². The molecule has 0 spiro atoms. The van der Waals surface area contributed by atoms with Crippen molar-refractivity contribution in [3.8, 4) is 5.75 Å². The minimum Gasteiger partial charge on any atom is -0.494 e. The average molecular weight is 267 g/mol. The lowest BCUT2D eigenvalue weighted by molar-refractivity contribution is -0.0586. The van der Waals surface area contributed by atoms with Crippen LogP contribution in [0.15, 0.2) is 18.2 Å². The maximum absolute atomic E-state index is 13.6. The maximum atomic E-state index is 13.6. The fourth-order valence-electron chi connectivity index (χ4n) is 2.33. The minimum absolute atomic E-state index is 0.00389. The Hall–Kier alpha value is -1.62. The molecule has 0 radical (unpaired) electrons. The molecule has 0 N–H and O–H groups in total. The van der Waals surface area contributed by atoms with Crippen molar-refractivity contribution in [1.29, 1.82) is 0 Å². The zero-order valence-corrected chi connectivity index (χ0v) is 11.4. The molecule has 1 aliphatic heterocycles. The molecule has 0 aromatic heterocycles. The van der Waals surface area contributed by atoms with E-state index in [1.807, 2.05) is 13.8 Å². The number of carbonyl (C=O) groups excluding carboxylic acids is 1. The van der Waals surface area contributed by atoms with Gasteiger partial charge < -0.3 is 14.4 Å². The number of nitrogens with zero attached hydrogens (tertiary/aromatic N) is 1. The third-order valence-electron chi connectivity index (χ3n) is 3.11. The summed E-state index contributed by atoms with van der Waals surface area (Å²) in [7, 11) is 1.39. The van der Waals surface area contributed by atoms with Crippen molar-refractivity contribution in [3.63, 3.8) is 0 Å². The summed E-state index contributed by atoms with van der Waals surface area (Å²) in [5.74, 6) is -0.563. The highest BCUT2D eigenvalue weighted by Gasteiger charge is 2.26. The Balaban J connectivity index is 2.17. The lowest BCUT2D eigenvalue weighted by Crippen LogP contribution is -2.48. The van der Waals surface area contributed by atoms with Gasteiger partial charge in [0.25, 0.3) is 5.91 Å². The van der Waals surface area contributed by atoms with Crippen LogP contribution in [0.2, 0.25) is 0 Å². The molecule has 1 amide bonds. The van der Waals surface area contributed by atoms with Crippen LogP contribution in [0, 0.1) is 5.82 Å². The molecule has 0 unspecified atom stereocenters. The molecule has 1 aromatic carbocycles. The summed E-state index contributed by atoms with van der Waals surface area (Å²) in [6.07, 6.45) is -0.00779. The molecule has 19 heavy (non-hydrogen) atoms. The first-order valence-corrected chi connectivity index (χ1v) is 6.29. The van der Waals surface area contributed by atoms with Crippen LogP contribution in [0.3, 0.4) is 0 Å². The molecule has 5 heteroatoms. The van der Waals surface area contributed by atoms with Crippen LogP contribution in [-0.4, -0.2) is 43.2 Å². The van der Waals surface area contributed by atoms with Gasteiger partial charge in [-0.25, -0.2) is 4.39 Å². The number of benzene rings is 1. The fourth-order valence-corrected chi connectivity index (χ4v) is 2.33. The van der Waals surface area contributed by atoms with Gasteiger partial charge in [-0.15, -0.1) is 0 Å². The normalized spacial score (nSPS) is 23.3. The van der Waals surface area contributed by atoms with Gasteiger partial charge in [0.1, 0.15) is 0 Å². The van der Waals surface area contributed by atoms with E-state index < -0.39 is 5.82 Å². The summed E-state index contributed by atoms with van der Waals surface area (Å²) in [5, 5.41) is 0. The predicted molar refractivity (Wildman–Crippen MR) is 68.9 cm³/mol. The molecule has 0 saturated carbocycles. The topological polar surface area (TPSA) is 38.8 Å². The molecule has 2 atom stereocenters. The van der Waals surface area contributed by atoms with E-state index in [1.54, 1.807) is 11.0 Å². The van der Waals surface area contributed by atoms with Crippen molar-refractivity contribution in [2.24, 2.45) is 0 Å². The van der Waals surface area contributed by atoms with Crippen molar-refractivity contribution in [3.05, 3.63) is 29.6 Å². The van der Waals surface area contributed by atoms with Crippen molar-refractivity contribution in [2.45, 2.75) is 26.1 Å². The van der Waals surface area contributed by atoms with Gasteiger partial charge in [-0.05, 0) is 32.0 Å². The summed E-state index contributed by atoms with van der Waals surface area (Å²) in [6, 6.07) is 4.26. The zero-order chi connectivity index (χ0) is 14.0. The van der Waals surface area contributed by atoms with E-state index in [1.165, 1.54) is 19.2 Å². The molecule has 0 bridgehead atoms. The van der Waals surface area contributed by atoms with Gasteiger partial charge in [-0.1, -0.05) is 0 Å². The summed E-state index contributed by atoms with van der Waals surface area (Å²) < 4.78 is 24.0. The smallest absolute Gasteiger partial charge is 0.254 e. The number of morpholine rings is 1. The summed E-state index contributed by atoms with van der Waals surface area (Å²) >= 11 is 0. The van der Waals surface area contributed by atoms with Crippen molar-refractivity contribution in [2.75, 3.05) is 20.2 Å². The van der Waals surface area contributed by atoms with E-state index in [0.29, 0.717) is 18.7 Å². The molecule has 1 saturated heterocycles. The van der Waals surface area contributed by atoms with Gasteiger partial charge in [0.15, 0.2) is 11.6 Å². The molecule has 1 heterocycles. The van der Waals surface area contributed by atoms with Crippen LogP contribution in [0.1, 0.15) is 24.2 Å². The van der Waals surface area contributed by atoms with Gasteiger partial charge in [-0.2, -0.15) is 0 Å². The first-order valence-electron chi connectivity index (χ1n) is 6.29. The van der Waals surface area contributed by atoms with Gasteiger partial charge in [0.2, 0.25) is 0 Å². The number of amides is 1. The number of hydrogen-bond donors (Lipinski definition) is 0. The predicted octanol–water partition coefficient (Wildman–Crippen LogP) is 2.08. The van der Waals surface area contributed by atoms with Crippen LogP contribution in [-0.2, 0) is 4.74 Å². The van der Waals surface area contributed by atoms with Crippen LogP contribution >= 0.6 is 0 Å². The van der Waals surface area contributed by atoms with E-state index >= 15 is 0 Å². The lowest BCUT2D eigenvalue weighted by atomic mass is 10.1. The zero-order valence-electron chi connectivity index (χ0n) is 11.4. The molecular formula is C14H18FNO3. The Morgan fingerprint density at radius 3 is 2.53 bits per heavy atom. The molecule has 4 nitrogen and oxygen atoms in total. The quantitative estimate of drug-likeness (QED) is 0.823. The number of ether oxygens (including phenoxy) is 2. The van der Waals surface area contributed by atoms with Crippen molar-refractivity contribution >= 4 is 5.91 Å². The number of carbonyl (C=O) groups is 1. The second-order valence-electron chi connectivity index (χ2n) is 4.82. The van der Waals surface area contributed by atoms with Crippen molar-refractivity contribution < 1.29 is 18.7 Å². The molecule has 1 fully saturated rings. The van der Waals surface area contributed by atoms with Crippen LogP contribution < -0.4 is 4.74 Å². The highest BCUT2D eigenvalue weighted by molar-refractivity contribution is 5.94. The largest absolute Gasteiger partial charge is 0.494 e. The van der Waals surface area contributed by atoms with E-state index in [2.05, 4.69) is 0 Å². The Morgan fingerprint density at radius 2 is 2.00 bits per heavy atom. The summed E-state index contributed by atoms with van der Waals surface area (Å²) in [5.41, 5.74) is 0.333. The highest BCUT2D eigenvalue weighted by atomic mass is 19.1. The second kappa shape index (κ2) is 5.57. The van der Waals surface area contributed by atoms with Gasteiger partial charge >= 0.3 is 0 Å². The Labute approximate surface area is 112 Å². The first kappa shape index (κ1) is 13.8. The average Bonchev–Trinajstić information content (AvgIpc) is 2.36. The molecule has 1 aromatic rings. The number of hydrogen-bond acceptors (Lipinski definition) is 3. The highest BCUT2D eigenvalue weighted by Crippen LogP contribution is 2.20. The molecule has 104 valence electrons. The first-order chi connectivity index (χ1) is 9.01. The third kappa shape index (κ3) is 3.04. The summed E-state index contributed by atoms with van der Waals surface area (Å²) in [4.78, 5) is 14.0. The Kier molecular flexibility index (Phi) is 4.04. The van der Waals surface area contributed by atoms with E-state index in [-0.39, 0.29) is 23.9 Å². The SMILES string of the molecule is COc1ccc(C(=O)N2C[C@@H](C)O[C@@H](C)C2)cc1F. The molecule has 0 aliphatic carbocycles. The van der Waals surface area contributed by atoms with E-state index in [0.717, 1.165) is 0 Å². The van der Waals surface area contributed by atoms with Gasteiger partial charge in [0, 0.05) is 18.7 Å². The third-order valence-corrected chi connectivity index (χ3v) is 3.11.